The second kappa shape index (κ2) is 8.90. The van der Waals surface area contributed by atoms with Crippen molar-refractivity contribution >= 4 is 22.5 Å². The summed E-state index contributed by atoms with van der Waals surface area (Å²) in [6, 6.07) is 16.6. The van der Waals surface area contributed by atoms with Crippen LogP contribution in [-0.2, 0) is 11.2 Å². The van der Waals surface area contributed by atoms with Gasteiger partial charge in [-0.05, 0) is 48.9 Å². The van der Waals surface area contributed by atoms with Gasteiger partial charge in [0.1, 0.15) is 11.3 Å². The van der Waals surface area contributed by atoms with E-state index in [9.17, 15) is 14.9 Å². The third kappa shape index (κ3) is 4.40. The molecule has 154 valence electrons. The normalized spacial score (nSPS) is 14.6. The summed E-state index contributed by atoms with van der Waals surface area (Å²) >= 11 is 0. The highest BCUT2D eigenvalue weighted by atomic mass is 16.6. The van der Waals surface area contributed by atoms with Gasteiger partial charge in [-0.15, -0.1) is 0 Å². The van der Waals surface area contributed by atoms with Crippen molar-refractivity contribution in [2.45, 2.75) is 19.3 Å². The number of fused-ring (bicyclic) bond motifs is 1. The zero-order chi connectivity index (χ0) is 20.9. The lowest BCUT2D eigenvalue weighted by Crippen LogP contribution is -2.41. The van der Waals surface area contributed by atoms with E-state index in [0.717, 1.165) is 32.4 Å². The zero-order valence-electron chi connectivity index (χ0n) is 16.6. The summed E-state index contributed by atoms with van der Waals surface area (Å²) in [4.78, 5) is 29.4. The van der Waals surface area contributed by atoms with Gasteiger partial charge in [0.15, 0.2) is 6.61 Å². The molecule has 0 saturated carbocycles. The van der Waals surface area contributed by atoms with E-state index in [1.165, 1.54) is 17.7 Å². The number of piperidine rings is 1. The number of nitro benzene ring substituents is 1. The third-order valence-corrected chi connectivity index (χ3v) is 5.59. The van der Waals surface area contributed by atoms with Crippen molar-refractivity contribution in [3.05, 3.63) is 76.5 Å². The molecule has 4 rings (SSSR count). The van der Waals surface area contributed by atoms with Crippen LogP contribution in [0.5, 0.6) is 5.75 Å². The summed E-state index contributed by atoms with van der Waals surface area (Å²) in [6.45, 7) is 1.34. The minimum absolute atomic E-state index is 0.0303. The fraction of sp³-hybridized carbons (Fsp3) is 0.304. The standard InChI is InChI=1S/C23H23N3O4/c27-22(25-13-10-18(11-14-25)15-17-5-2-1-3-6-17)16-30-21-9-8-20(26(28)29)19-7-4-12-24-23(19)21/h1-9,12,18H,10-11,13-16H2. The maximum atomic E-state index is 12.6. The van der Waals surface area contributed by atoms with Crippen LogP contribution in [0, 0.1) is 16.0 Å². The number of benzene rings is 2. The van der Waals surface area contributed by atoms with E-state index in [2.05, 4.69) is 29.2 Å². The topological polar surface area (TPSA) is 85.6 Å². The first-order chi connectivity index (χ1) is 14.6. The van der Waals surface area contributed by atoms with Gasteiger partial charge in [-0.2, -0.15) is 0 Å². The number of hydrogen-bond acceptors (Lipinski definition) is 5. The molecular formula is C23H23N3O4. The molecule has 0 bridgehead atoms. The predicted molar refractivity (Wildman–Crippen MR) is 113 cm³/mol. The Labute approximate surface area is 174 Å². The maximum absolute atomic E-state index is 12.6. The number of nitro groups is 1. The van der Waals surface area contributed by atoms with E-state index >= 15 is 0 Å². The zero-order valence-corrected chi connectivity index (χ0v) is 16.6. The van der Waals surface area contributed by atoms with E-state index in [-0.39, 0.29) is 18.2 Å². The quantitative estimate of drug-likeness (QED) is 0.457. The Balaban J connectivity index is 1.34. The molecule has 0 atom stereocenters. The van der Waals surface area contributed by atoms with Crippen LogP contribution in [-0.4, -0.2) is 40.4 Å². The Morgan fingerprint density at radius 1 is 1.10 bits per heavy atom. The van der Waals surface area contributed by atoms with Gasteiger partial charge in [-0.25, -0.2) is 0 Å². The second-order valence-electron chi connectivity index (χ2n) is 7.54. The van der Waals surface area contributed by atoms with Crippen molar-refractivity contribution in [1.29, 1.82) is 0 Å². The summed E-state index contributed by atoms with van der Waals surface area (Å²) in [5, 5.41) is 11.6. The molecule has 0 N–H and O–H groups in total. The van der Waals surface area contributed by atoms with Crippen LogP contribution < -0.4 is 4.74 Å². The lowest BCUT2D eigenvalue weighted by Gasteiger charge is -2.32. The van der Waals surface area contributed by atoms with E-state index in [1.807, 2.05) is 11.0 Å². The first-order valence-electron chi connectivity index (χ1n) is 10.1. The SMILES string of the molecule is O=C(COc1ccc([N+](=O)[O-])c2cccnc12)N1CCC(Cc2ccccc2)CC1. The van der Waals surface area contributed by atoms with E-state index < -0.39 is 4.92 Å². The van der Waals surface area contributed by atoms with Crippen LogP contribution in [0.4, 0.5) is 5.69 Å². The van der Waals surface area contributed by atoms with Gasteiger partial charge in [-0.1, -0.05) is 30.3 Å². The molecule has 3 aromatic rings. The number of ether oxygens (including phenoxy) is 1. The largest absolute Gasteiger partial charge is 0.481 e. The summed E-state index contributed by atoms with van der Waals surface area (Å²) in [7, 11) is 0. The smallest absolute Gasteiger partial charge is 0.279 e. The first kappa shape index (κ1) is 19.8. The molecule has 0 radical (unpaired) electrons. The molecule has 2 heterocycles. The van der Waals surface area contributed by atoms with Gasteiger partial charge in [0, 0.05) is 25.4 Å². The number of aromatic nitrogens is 1. The van der Waals surface area contributed by atoms with Crippen molar-refractivity contribution in [2.75, 3.05) is 19.7 Å². The van der Waals surface area contributed by atoms with Crippen molar-refractivity contribution in [2.24, 2.45) is 5.92 Å². The second-order valence-corrected chi connectivity index (χ2v) is 7.54. The van der Waals surface area contributed by atoms with Gasteiger partial charge < -0.3 is 9.64 Å². The van der Waals surface area contributed by atoms with Gasteiger partial charge in [-0.3, -0.25) is 19.9 Å². The van der Waals surface area contributed by atoms with Crippen molar-refractivity contribution in [1.82, 2.24) is 9.88 Å². The van der Waals surface area contributed by atoms with Crippen molar-refractivity contribution < 1.29 is 14.5 Å². The van der Waals surface area contributed by atoms with E-state index in [4.69, 9.17) is 4.74 Å². The molecule has 1 aliphatic heterocycles. The molecule has 0 unspecified atom stereocenters. The lowest BCUT2D eigenvalue weighted by atomic mass is 9.90. The number of rotatable bonds is 6. The molecule has 7 heteroatoms. The van der Waals surface area contributed by atoms with Gasteiger partial charge in [0.25, 0.3) is 11.6 Å². The predicted octanol–water partition coefficient (Wildman–Crippen LogP) is 4.00. The third-order valence-electron chi connectivity index (χ3n) is 5.59. The minimum atomic E-state index is -0.446. The van der Waals surface area contributed by atoms with Crippen LogP contribution in [0.1, 0.15) is 18.4 Å². The Bertz CT molecular complexity index is 1050. The highest BCUT2D eigenvalue weighted by Crippen LogP contribution is 2.31. The number of non-ortho nitro benzene ring substituents is 1. The van der Waals surface area contributed by atoms with Crippen LogP contribution >= 0.6 is 0 Å². The number of nitrogens with zero attached hydrogens (tertiary/aromatic N) is 3. The Morgan fingerprint density at radius 3 is 2.60 bits per heavy atom. The molecule has 1 aliphatic rings. The first-order valence-corrected chi connectivity index (χ1v) is 10.1. The van der Waals surface area contributed by atoms with Gasteiger partial charge in [0.2, 0.25) is 0 Å². The fourth-order valence-corrected chi connectivity index (χ4v) is 3.97. The van der Waals surface area contributed by atoms with Crippen LogP contribution in [0.2, 0.25) is 0 Å². The Morgan fingerprint density at radius 2 is 1.87 bits per heavy atom. The van der Waals surface area contributed by atoms with Gasteiger partial charge >= 0.3 is 0 Å². The number of amides is 1. The van der Waals surface area contributed by atoms with Crippen molar-refractivity contribution in [3.8, 4) is 5.75 Å². The molecule has 1 aromatic heterocycles. The summed E-state index contributed by atoms with van der Waals surface area (Å²) in [5.41, 5.74) is 1.70. The van der Waals surface area contributed by atoms with E-state index in [0.29, 0.717) is 22.6 Å². The molecule has 1 fully saturated rings. The highest BCUT2D eigenvalue weighted by Gasteiger charge is 2.24. The number of likely N-dealkylation sites (tertiary alicyclic amines) is 1. The summed E-state index contributed by atoms with van der Waals surface area (Å²) < 4.78 is 5.72. The summed E-state index contributed by atoms with van der Waals surface area (Å²) in [5.74, 6) is 0.888. The maximum Gasteiger partial charge on any atom is 0.279 e. The van der Waals surface area contributed by atoms with Crippen LogP contribution in [0.15, 0.2) is 60.8 Å². The number of hydrogen-bond donors (Lipinski definition) is 0. The summed E-state index contributed by atoms with van der Waals surface area (Å²) in [6.07, 6.45) is 4.55. The Hall–Kier alpha value is -3.48. The van der Waals surface area contributed by atoms with Crippen LogP contribution in [0.25, 0.3) is 10.9 Å². The van der Waals surface area contributed by atoms with Crippen molar-refractivity contribution in [3.63, 3.8) is 0 Å². The molecule has 7 nitrogen and oxygen atoms in total. The molecule has 1 saturated heterocycles. The van der Waals surface area contributed by atoms with Gasteiger partial charge in [0.05, 0.1) is 10.3 Å². The highest BCUT2D eigenvalue weighted by molar-refractivity contribution is 5.92. The molecule has 30 heavy (non-hydrogen) atoms. The molecule has 0 spiro atoms. The molecule has 1 amide bonds. The average molecular weight is 405 g/mol. The number of carbonyl (C=O) groups is 1. The fourth-order valence-electron chi connectivity index (χ4n) is 3.97. The molecule has 2 aromatic carbocycles. The number of carbonyl (C=O) groups excluding carboxylic acids is 1. The average Bonchev–Trinajstić information content (AvgIpc) is 2.78. The minimum Gasteiger partial charge on any atom is -0.481 e. The number of pyridine rings is 1. The monoisotopic (exact) mass is 405 g/mol. The lowest BCUT2D eigenvalue weighted by molar-refractivity contribution is -0.383. The molecular weight excluding hydrogens is 382 g/mol. The Kier molecular flexibility index (Phi) is 5.88. The van der Waals surface area contributed by atoms with E-state index in [1.54, 1.807) is 18.3 Å². The van der Waals surface area contributed by atoms with Crippen LogP contribution in [0.3, 0.4) is 0 Å². The molecule has 0 aliphatic carbocycles.